The van der Waals surface area contributed by atoms with E-state index in [1.807, 2.05) is 0 Å². The fourth-order valence-corrected chi connectivity index (χ4v) is 0.666. The highest BCUT2D eigenvalue weighted by Crippen LogP contribution is 2.06. The third kappa shape index (κ3) is 7.17. The molecule has 0 aliphatic rings. The van der Waals surface area contributed by atoms with E-state index >= 15 is 0 Å². The minimum atomic E-state index is -0.737. The smallest absolute Gasteiger partial charge is 0.414 e. The Balaban J connectivity index is 3.85. The van der Waals surface area contributed by atoms with E-state index in [1.165, 1.54) is 0 Å². The van der Waals surface area contributed by atoms with E-state index in [0.717, 1.165) is 0 Å². The van der Waals surface area contributed by atoms with Crippen molar-refractivity contribution < 1.29 is 14.3 Å². The Bertz CT molecular complexity index is 258. The lowest BCUT2D eigenvalue weighted by Crippen LogP contribution is -2.36. The summed E-state index contributed by atoms with van der Waals surface area (Å²) in [6.07, 6.45) is 4.68. The van der Waals surface area contributed by atoms with E-state index in [2.05, 4.69) is 11.2 Å². The van der Waals surface area contributed by atoms with Crippen LogP contribution in [0.2, 0.25) is 0 Å². The second-order valence-electron chi connectivity index (χ2n) is 3.75. The largest absolute Gasteiger partial charge is 0.444 e. The molecule has 0 saturated carbocycles. The van der Waals surface area contributed by atoms with Crippen molar-refractivity contribution in [3.8, 4) is 12.3 Å². The lowest BCUT2D eigenvalue weighted by molar-refractivity contribution is -0.120. The van der Waals surface area contributed by atoms with E-state index in [9.17, 15) is 9.59 Å². The Morgan fingerprint density at radius 3 is 2.43 bits per heavy atom. The number of nitrogens with one attached hydrogen (secondary N) is 1. The number of amides is 2. The number of hydrogen-bond donors (Lipinski definition) is 1. The number of alkyl carbamates (subject to hydrolysis) is 1. The van der Waals surface area contributed by atoms with Gasteiger partial charge in [0, 0.05) is 12.8 Å². The van der Waals surface area contributed by atoms with Crippen LogP contribution in [-0.2, 0) is 9.53 Å². The van der Waals surface area contributed by atoms with Crippen molar-refractivity contribution in [3.05, 3.63) is 0 Å². The van der Waals surface area contributed by atoms with Crippen molar-refractivity contribution >= 4 is 12.0 Å². The number of rotatable bonds is 2. The van der Waals surface area contributed by atoms with Gasteiger partial charge < -0.3 is 4.74 Å². The molecule has 0 aliphatic carbocycles. The van der Waals surface area contributed by atoms with Crippen LogP contribution in [0.5, 0.6) is 0 Å². The lowest BCUT2D eigenvalue weighted by atomic mass is 10.2. The molecule has 0 saturated heterocycles. The predicted octanol–water partition coefficient (Wildman–Crippen LogP) is 1.45. The molecule has 0 bridgehead atoms. The Morgan fingerprint density at radius 1 is 1.43 bits per heavy atom. The van der Waals surface area contributed by atoms with Crippen LogP contribution in [0, 0.1) is 12.3 Å². The highest BCUT2D eigenvalue weighted by Gasteiger charge is 2.17. The normalized spacial score (nSPS) is 10.1. The molecule has 0 rings (SSSR count). The Labute approximate surface area is 84.0 Å². The molecule has 4 nitrogen and oxygen atoms in total. The van der Waals surface area contributed by atoms with Gasteiger partial charge in [-0.05, 0) is 20.8 Å². The average molecular weight is 197 g/mol. The standard InChI is InChI=1S/C10H15NO3/c1-5-6-7-8(12)11-9(13)14-10(2,3)4/h1H,6-7H2,2-4H3,(H,11,12,13). The van der Waals surface area contributed by atoms with E-state index < -0.39 is 17.6 Å². The molecule has 0 aromatic heterocycles. The zero-order chi connectivity index (χ0) is 11.2. The first-order chi connectivity index (χ1) is 6.35. The van der Waals surface area contributed by atoms with Gasteiger partial charge >= 0.3 is 6.09 Å². The van der Waals surface area contributed by atoms with Gasteiger partial charge in [-0.25, -0.2) is 4.79 Å². The van der Waals surface area contributed by atoms with Crippen LogP contribution in [0.4, 0.5) is 4.79 Å². The third-order valence-electron chi connectivity index (χ3n) is 1.14. The average Bonchev–Trinajstić information content (AvgIpc) is 1.96. The summed E-state index contributed by atoms with van der Waals surface area (Å²) in [5.41, 5.74) is -0.601. The van der Waals surface area contributed by atoms with Crippen molar-refractivity contribution in [2.75, 3.05) is 0 Å². The molecule has 0 aliphatic heterocycles. The Kier molecular flexibility index (Phi) is 4.71. The number of ether oxygens (including phenoxy) is 1. The van der Waals surface area contributed by atoms with Gasteiger partial charge in [0.25, 0.3) is 0 Å². The number of imide groups is 1. The second-order valence-corrected chi connectivity index (χ2v) is 3.75. The van der Waals surface area contributed by atoms with E-state index in [-0.39, 0.29) is 6.42 Å². The molecule has 0 aromatic carbocycles. The minimum Gasteiger partial charge on any atom is -0.444 e. The fourth-order valence-electron chi connectivity index (χ4n) is 0.666. The van der Waals surface area contributed by atoms with Crippen LogP contribution in [0.25, 0.3) is 0 Å². The molecule has 0 heterocycles. The topological polar surface area (TPSA) is 55.4 Å². The molecule has 0 unspecified atom stereocenters. The molecular formula is C10H15NO3. The maximum absolute atomic E-state index is 11.0. The quantitative estimate of drug-likeness (QED) is 0.682. The molecular weight excluding hydrogens is 182 g/mol. The van der Waals surface area contributed by atoms with Crippen molar-refractivity contribution in [3.63, 3.8) is 0 Å². The molecule has 4 heteroatoms. The maximum Gasteiger partial charge on any atom is 0.414 e. The summed E-state index contributed by atoms with van der Waals surface area (Å²) in [5, 5.41) is 2.08. The van der Waals surface area contributed by atoms with Crippen molar-refractivity contribution in [1.82, 2.24) is 5.32 Å². The van der Waals surface area contributed by atoms with Crippen LogP contribution < -0.4 is 5.32 Å². The first-order valence-electron chi connectivity index (χ1n) is 4.31. The third-order valence-corrected chi connectivity index (χ3v) is 1.14. The Morgan fingerprint density at radius 2 is 2.00 bits per heavy atom. The zero-order valence-electron chi connectivity index (χ0n) is 8.72. The summed E-state index contributed by atoms with van der Waals surface area (Å²) in [7, 11) is 0. The van der Waals surface area contributed by atoms with Gasteiger partial charge in [-0.3, -0.25) is 10.1 Å². The highest BCUT2D eigenvalue weighted by atomic mass is 16.6. The number of carbonyl (C=O) groups is 2. The summed E-state index contributed by atoms with van der Waals surface area (Å²) < 4.78 is 4.87. The lowest BCUT2D eigenvalue weighted by Gasteiger charge is -2.19. The summed E-state index contributed by atoms with van der Waals surface area (Å²) in [6, 6.07) is 0. The number of terminal acetylenes is 1. The molecule has 0 aromatic rings. The monoisotopic (exact) mass is 197 g/mol. The van der Waals surface area contributed by atoms with E-state index in [4.69, 9.17) is 11.2 Å². The fraction of sp³-hybridized carbons (Fsp3) is 0.600. The van der Waals surface area contributed by atoms with Crippen LogP contribution in [0.1, 0.15) is 33.6 Å². The predicted molar refractivity (Wildman–Crippen MR) is 52.4 cm³/mol. The summed E-state index contributed by atoms with van der Waals surface area (Å²) in [5.74, 6) is 1.89. The molecule has 1 N–H and O–H groups in total. The Hall–Kier alpha value is -1.50. The molecule has 0 spiro atoms. The maximum atomic E-state index is 11.0. The molecule has 2 amide bonds. The molecule has 0 atom stereocenters. The molecule has 0 radical (unpaired) electrons. The van der Waals surface area contributed by atoms with Crippen LogP contribution in [0.3, 0.4) is 0 Å². The second kappa shape index (κ2) is 5.28. The van der Waals surface area contributed by atoms with Gasteiger partial charge in [0.05, 0.1) is 0 Å². The molecule has 14 heavy (non-hydrogen) atoms. The SMILES string of the molecule is C#CCCC(=O)NC(=O)OC(C)(C)C. The van der Waals surface area contributed by atoms with Gasteiger partial charge in [-0.1, -0.05) is 0 Å². The van der Waals surface area contributed by atoms with Gasteiger partial charge in [0.15, 0.2) is 0 Å². The molecule has 0 fully saturated rings. The van der Waals surface area contributed by atoms with Gasteiger partial charge in [0.2, 0.25) is 5.91 Å². The van der Waals surface area contributed by atoms with Crippen LogP contribution in [-0.4, -0.2) is 17.6 Å². The van der Waals surface area contributed by atoms with Crippen molar-refractivity contribution in [2.24, 2.45) is 0 Å². The van der Waals surface area contributed by atoms with Crippen LogP contribution in [0.15, 0.2) is 0 Å². The first-order valence-corrected chi connectivity index (χ1v) is 4.31. The zero-order valence-corrected chi connectivity index (χ0v) is 8.72. The molecule has 78 valence electrons. The number of carbonyl (C=O) groups excluding carboxylic acids is 2. The van der Waals surface area contributed by atoms with Crippen molar-refractivity contribution in [1.29, 1.82) is 0 Å². The van der Waals surface area contributed by atoms with Crippen molar-refractivity contribution in [2.45, 2.75) is 39.2 Å². The summed E-state index contributed by atoms with van der Waals surface area (Å²) in [6.45, 7) is 5.16. The highest BCUT2D eigenvalue weighted by molar-refractivity contribution is 5.91. The minimum absolute atomic E-state index is 0.135. The van der Waals surface area contributed by atoms with E-state index in [1.54, 1.807) is 20.8 Å². The van der Waals surface area contributed by atoms with Gasteiger partial charge in [-0.15, -0.1) is 12.3 Å². The van der Waals surface area contributed by atoms with Crippen LogP contribution >= 0.6 is 0 Å². The first kappa shape index (κ1) is 12.5. The summed E-state index contributed by atoms with van der Waals surface area (Å²) in [4.78, 5) is 22.0. The van der Waals surface area contributed by atoms with Gasteiger partial charge in [0.1, 0.15) is 5.60 Å². The number of hydrogen-bond acceptors (Lipinski definition) is 3. The summed E-state index contributed by atoms with van der Waals surface area (Å²) >= 11 is 0. The van der Waals surface area contributed by atoms with E-state index in [0.29, 0.717) is 6.42 Å². The van der Waals surface area contributed by atoms with Gasteiger partial charge in [-0.2, -0.15) is 0 Å².